The van der Waals surface area contributed by atoms with Crippen LogP contribution >= 0.6 is 23.8 Å². The third-order valence-corrected chi connectivity index (χ3v) is 5.33. The number of rotatable bonds is 6. The minimum Gasteiger partial charge on any atom is -0.494 e. The molecule has 0 atom stereocenters. The molecule has 1 aromatic heterocycles. The highest BCUT2D eigenvalue weighted by molar-refractivity contribution is 7.71. The second kappa shape index (κ2) is 9.90. The van der Waals surface area contributed by atoms with E-state index in [-0.39, 0.29) is 21.0 Å². The van der Waals surface area contributed by atoms with E-state index in [0.29, 0.717) is 22.9 Å². The Morgan fingerprint density at radius 1 is 1.12 bits per heavy atom. The molecular formula is C24H17ClFN3O4S. The van der Waals surface area contributed by atoms with E-state index in [9.17, 15) is 14.3 Å². The largest absolute Gasteiger partial charge is 0.494 e. The predicted octanol–water partition coefficient (Wildman–Crippen LogP) is 5.94. The number of nitrogens with zero attached hydrogens (tertiary/aromatic N) is 2. The van der Waals surface area contributed by atoms with Gasteiger partial charge in [-0.05, 0) is 66.8 Å². The lowest BCUT2D eigenvalue weighted by Gasteiger charge is -2.11. The summed E-state index contributed by atoms with van der Waals surface area (Å²) in [7, 11) is 1.56. The summed E-state index contributed by atoms with van der Waals surface area (Å²) in [6, 6.07) is 17.8. The van der Waals surface area contributed by atoms with Gasteiger partial charge < -0.3 is 14.6 Å². The van der Waals surface area contributed by atoms with Crippen molar-refractivity contribution in [3.63, 3.8) is 0 Å². The van der Waals surface area contributed by atoms with Crippen molar-refractivity contribution in [1.82, 2.24) is 9.55 Å². The molecule has 0 aliphatic rings. The summed E-state index contributed by atoms with van der Waals surface area (Å²) in [4.78, 5) is 19.1. The molecule has 0 unspecified atom stereocenters. The van der Waals surface area contributed by atoms with Crippen molar-refractivity contribution in [1.29, 1.82) is 0 Å². The first kappa shape index (κ1) is 23.2. The number of halogens is 2. The molecule has 2 N–H and O–H groups in total. The van der Waals surface area contributed by atoms with E-state index in [2.05, 4.69) is 9.98 Å². The van der Waals surface area contributed by atoms with Crippen LogP contribution in [0.2, 0.25) is 5.02 Å². The molecule has 10 heteroatoms. The number of methoxy groups -OCH3 is 1. The average Bonchev–Trinajstić information content (AvgIpc) is 2.82. The zero-order chi connectivity index (χ0) is 24.2. The van der Waals surface area contributed by atoms with Gasteiger partial charge in [0.25, 0.3) is 5.56 Å². The van der Waals surface area contributed by atoms with Gasteiger partial charge in [0.15, 0.2) is 16.3 Å². The summed E-state index contributed by atoms with van der Waals surface area (Å²) >= 11 is 11.0. The summed E-state index contributed by atoms with van der Waals surface area (Å²) in [5.74, 6) is 0.634. The number of aromatic amines is 1. The molecule has 3 aromatic carbocycles. The number of nitrogens with one attached hydrogen (secondary N) is 1. The normalized spacial score (nSPS) is 11.0. The smallest absolute Gasteiger partial charge is 0.264 e. The molecule has 0 bridgehead atoms. The minimum atomic E-state index is -0.633. The fourth-order valence-corrected chi connectivity index (χ4v) is 3.55. The van der Waals surface area contributed by atoms with Crippen LogP contribution < -0.4 is 15.0 Å². The highest BCUT2D eigenvalue weighted by Gasteiger charge is 2.14. The van der Waals surface area contributed by atoms with Crippen LogP contribution in [0, 0.1) is 10.6 Å². The van der Waals surface area contributed by atoms with Crippen molar-refractivity contribution >= 4 is 35.7 Å². The van der Waals surface area contributed by atoms with E-state index in [1.165, 1.54) is 18.3 Å². The lowest BCUT2D eigenvalue weighted by molar-refractivity contribution is 0.379. The fraction of sp³-hybridized carbons (Fsp3) is 0.0417. The quantitative estimate of drug-likeness (QED) is 0.254. The third kappa shape index (κ3) is 4.85. The van der Waals surface area contributed by atoms with Gasteiger partial charge in [-0.1, -0.05) is 23.7 Å². The molecule has 34 heavy (non-hydrogen) atoms. The van der Waals surface area contributed by atoms with E-state index in [1.54, 1.807) is 43.5 Å². The maximum atomic E-state index is 13.5. The molecule has 4 aromatic rings. The van der Waals surface area contributed by atoms with Crippen LogP contribution in [-0.4, -0.2) is 28.0 Å². The zero-order valence-corrected chi connectivity index (χ0v) is 19.2. The fourth-order valence-electron chi connectivity index (χ4n) is 3.09. The van der Waals surface area contributed by atoms with Crippen molar-refractivity contribution < 1.29 is 19.0 Å². The van der Waals surface area contributed by atoms with Crippen molar-refractivity contribution in [2.45, 2.75) is 0 Å². The van der Waals surface area contributed by atoms with Gasteiger partial charge in [-0.25, -0.2) is 4.39 Å². The van der Waals surface area contributed by atoms with Crippen LogP contribution in [-0.2, 0) is 0 Å². The van der Waals surface area contributed by atoms with E-state index < -0.39 is 17.3 Å². The SMILES string of the molecule is COc1ccccc1Oc1ccc(N=Cc2c(O)n(-c3ccc(F)c(Cl)c3)c(=S)[nH]c2=O)cc1. The average molecular weight is 498 g/mol. The van der Waals surface area contributed by atoms with Crippen LogP contribution in [0.4, 0.5) is 10.1 Å². The molecular weight excluding hydrogens is 481 g/mol. The Morgan fingerprint density at radius 2 is 1.82 bits per heavy atom. The molecule has 0 saturated heterocycles. The van der Waals surface area contributed by atoms with E-state index >= 15 is 0 Å². The first-order valence-corrected chi connectivity index (χ1v) is 10.6. The number of aromatic hydroxyl groups is 1. The van der Waals surface area contributed by atoms with Gasteiger partial charge in [-0.3, -0.25) is 19.3 Å². The van der Waals surface area contributed by atoms with E-state index in [4.69, 9.17) is 33.3 Å². The van der Waals surface area contributed by atoms with E-state index in [0.717, 1.165) is 10.6 Å². The maximum Gasteiger partial charge on any atom is 0.264 e. The molecule has 0 fully saturated rings. The van der Waals surface area contributed by atoms with Gasteiger partial charge in [0.05, 0.1) is 23.5 Å². The molecule has 172 valence electrons. The highest BCUT2D eigenvalue weighted by atomic mass is 35.5. The predicted molar refractivity (Wildman–Crippen MR) is 131 cm³/mol. The number of ether oxygens (including phenoxy) is 2. The Hall–Kier alpha value is -3.95. The molecule has 1 heterocycles. The van der Waals surface area contributed by atoms with Crippen molar-refractivity contribution in [2.75, 3.05) is 7.11 Å². The number of benzene rings is 3. The molecule has 0 spiro atoms. The molecule has 4 rings (SSSR count). The first-order chi connectivity index (χ1) is 16.4. The van der Waals surface area contributed by atoms with Crippen LogP contribution in [0.25, 0.3) is 5.69 Å². The number of H-pyrrole nitrogens is 1. The van der Waals surface area contributed by atoms with Crippen LogP contribution in [0.3, 0.4) is 0 Å². The summed E-state index contributed by atoms with van der Waals surface area (Å²) in [5, 5.41) is 10.6. The third-order valence-electron chi connectivity index (χ3n) is 4.76. The van der Waals surface area contributed by atoms with Crippen molar-refractivity contribution in [3.8, 4) is 28.8 Å². The molecule has 0 aliphatic carbocycles. The van der Waals surface area contributed by atoms with Crippen LogP contribution in [0.15, 0.2) is 76.5 Å². The molecule has 0 amide bonds. The Labute approximate surface area is 203 Å². The minimum absolute atomic E-state index is 0.0832. The number of para-hydroxylation sites is 2. The number of aliphatic imine (C=N–C) groups is 1. The molecule has 0 radical (unpaired) electrons. The summed E-state index contributed by atoms with van der Waals surface area (Å²) < 4.78 is 25.7. The van der Waals surface area contributed by atoms with Gasteiger partial charge in [-0.15, -0.1) is 0 Å². The van der Waals surface area contributed by atoms with Gasteiger partial charge in [0.2, 0.25) is 5.88 Å². The van der Waals surface area contributed by atoms with Crippen LogP contribution in [0.1, 0.15) is 5.56 Å². The van der Waals surface area contributed by atoms with Gasteiger partial charge >= 0.3 is 0 Å². The second-order valence-electron chi connectivity index (χ2n) is 6.94. The topological polar surface area (TPSA) is 88.8 Å². The number of aromatic nitrogens is 2. The van der Waals surface area contributed by atoms with Gasteiger partial charge in [-0.2, -0.15) is 0 Å². The lowest BCUT2D eigenvalue weighted by atomic mass is 10.2. The Morgan fingerprint density at radius 3 is 2.50 bits per heavy atom. The van der Waals surface area contributed by atoms with Crippen LogP contribution in [0.5, 0.6) is 23.1 Å². The highest BCUT2D eigenvalue weighted by Crippen LogP contribution is 2.31. The monoisotopic (exact) mass is 497 g/mol. The number of hydrogen-bond donors (Lipinski definition) is 2. The molecule has 7 nitrogen and oxygen atoms in total. The summed E-state index contributed by atoms with van der Waals surface area (Å²) in [6.45, 7) is 0. The van der Waals surface area contributed by atoms with Gasteiger partial charge in [0, 0.05) is 6.21 Å². The van der Waals surface area contributed by atoms with Crippen molar-refractivity contribution in [2.24, 2.45) is 4.99 Å². The summed E-state index contributed by atoms with van der Waals surface area (Å²) in [5.41, 5.74) is 0.0119. The maximum absolute atomic E-state index is 13.5. The Kier molecular flexibility index (Phi) is 6.76. The standard InChI is InChI=1S/C24H17ClFN3O4S/c1-32-20-4-2-3-5-21(20)33-16-9-6-14(7-10-16)27-13-17-22(30)28-24(34)29(23(17)31)15-8-11-19(26)18(25)12-15/h2-13,31H,1H3,(H,28,30,34). The summed E-state index contributed by atoms with van der Waals surface area (Å²) in [6.07, 6.45) is 1.21. The first-order valence-electron chi connectivity index (χ1n) is 9.86. The number of hydrogen-bond acceptors (Lipinski definition) is 6. The van der Waals surface area contributed by atoms with E-state index in [1.807, 2.05) is 12.1 Å². The Bertz CT molecular complexity index is 1500. The molecule has 0 saturated carbocycles. The molecule has 0 aliphatic heterocycles. The van der Waals surface area contributed by atoms with Crippen molar-refractivity contribution in [3.05, 3.63) is 98.3 Å². The second-order valence-corrected chi connectivity index (χ2v) is 7.73. The van der Waals surface area contributed by atoms with Gasteiger partial charge in [0.1, 0.15) is 17.1 Å². The Balaban J connectivity index is 1.62. The zero-order valence-electron chi connectivity index (χ0n) is 17.7. The lowest BCUT2D eigenvalue weighted by Crippen LogP contribution is -2.18.